The van der Waals surface area contributed by atoms with Gasteiger partial charge in [0, 0.05) is 17.8 Å². The largest absolute Gasteiger partial charge is 0.394 e. The van der Waals surface area contributed by atoms with Crippen LogP contribution in [0.15, 0.2) is 24.7 Å². The maximum Gasteiger partial charge on any atom is 0.156 e. The Morgan fingerprint density at radius 1 is 1.35 bits per heavy atom. The molecule has 88 valence electrons. The van der Waals surface area contributed by atoms with Gasteiger partial charge < -0.3 is 10.1 Å². The Hall–Kier alpha value is -1.43. The number of nitrogens with one attached hydrogen (secondary N) is 2. The van der Waals surface area contributed by atoms with E-state index < -0.39 is 0 Å². The average Bonchev–Trinajstić information content (AvgIpc) is 2.94. The van der Waals surface area contributed by atoms with Crippen molar-refractivity contribution in [2.75, 3.05) is 6.61 Å². The van der Waals surface area contributed by atoms with E-state index in [0.717, 1.165) is 16.6 Å². The van der Waals surface area contributed by atoms with E-state index >= 15 is 0 Å². The summed E-state index contributed by atoms with van der Waals surface area (Å²) >= 11 is 5.97. The van der Waals surface area contributed by atoms with E-state index in [2.05, 4.69) is 20.3 Å². The normalized spacial score (nSPS) is 23.6. The van der Waals surface area contributed by atoms with E-state index in [1.165, 1.54) is 6.33 Å². The number of hydrogen-bond donors (Lipinski definition) is 3. The van der Waals surface area contributed by atoms with Crippen molar-refractivity contribution in [2.24, 2.45) is 0 Å². The summed E-state index contributed by atoms with van der Waals surface area (Å²) in [5.74, 6) is 0. The summed E-state index contributed by atoms with van der Waals surface area (Å²) in [6.07, 6.45) is 7.28. The molecule has 3 rings (SSSR count). The molecule has 0 fully saturated rings. The van der Waals surface area contributed by atoms with E-state index in [1.54, 1.807) is 0 Å². The summed E-state index contributed by atoms with van der Waals surface area (Å²) in [7, 11) is 0. The molecular weight excluding hydrogens is 240 g/mol. The van der Waals surface area contributed by atoms with Crippen LogP contribution in [0.5, 0.6) is 0 Å². The maximum absolute atomic E-state index is 9.07. The van der Waals surface area contributed by atoms with Crippen molar-refractivity contribution in [3.05, 3.63) is 35.4 Å². The molecule has 0 aromatic carbocycles. The quantitative estimate of drug-likeness (QED) is 0.553. The minimum Gasteiger partial charge on any atom is -0.394 e. The van der Waals surface area contributed by atoms with Crippen LogP contribution in [0, 0.1) is 0 Å². The number of fused-ring (bicyclic) bond motifs is 1. The van der Waals surface area contributed by atoms with Gasteiger partial charge in [0.1, 0.15) is 11.8 Å². The van der Waals surface area contributed by atoms with Gasteiger partial charge in [-0.1, -0.05) is 23.8 Å². The summed E-state index contributed by atoms with van der Waals surface area (Å²) in [6, 6.07) is 0.0501. The number of aliphatic hydroxyl groups excluding tert-OH is 1. The highest BCUT2D eigenvalue weighted by Crippen LogP contribution is 2.28. The minimum atomic E-state index is 0.00209. The fourth-order valence-corrected chi connectivity index (χ4v) is 2.25. The van der Waals surface area contributed by atoms with Gasteiger partial charge in [-0.3, -0.25) is 5.32 Å². The van der Waals surface area contributed by atoms with E-state index in [1.807, 2.05) is 18.3 Å². The average molecular weight is 251 g/mol. The summed E-state index contributed by atoms with van der Waals surface area (Å²) in [5, 5.41) is 12.8. The maximum atomic E-state index is 9.07. The van der Waals surface area contributed by atoms with Crippen molar-refractivity contribution in [1.29, 1.82) is 0 Å². The monoisotopic (exact) mass is 250 g/mol. The van der Waals surface area contributed by atoms with Gasteiger partial charge in [0.2, 0.25) is 0 Å². The van der Waals surface area contributed by atoms with Crippen LogP contribution < -0.4 is 5.32 Å². The second-order valence-electron chi connectivity index (χ2n) is 3.95. The van der Waals surface area contributed by atoms with Crippen molar-refractivity contribution < 1.29 is 5.11 Å². The number of H-pyrrole nitrogens is 1. The standard InChI is InChI=1S/C11H11ClN4O/c12-11-10-9(14-5-15-11)7(3-13-10)8-2-1-6(4-17)16-8/h1-3,5-6,8,13,16-17H,4H2. The van der Waals surface area contributed by atoms with Crippen LogP contribution in [-0.2, 0) is 0 Å². The van der Waals surface area contributed by atoms with Gasteiger partial charge in [0.25, 0.3) is 0 Å². The zero-order valence-electron chi connectivity index (χ0n) is 8.89. The molecule has 0 saturated heterocycles. The molecule has 6 heteroatoms. The Morgan fingerprint density at radius 3 is 3.00 bits per heavy atom. The van der Waals surface area contributed by atoms with Crippen molar-refractivity contribution in [2.45, 2.75) is 12.1 Å². The predicted octanol–water partition coefficient (Wildman–Crippen LogP) is 1.17. The molecule has 17 heavy (non-hydrogen) atoms. The third-order valence-corrected chi connectivity index (χ3v) is 3.19. The van der Waals surface area contributed by atoms with Gasteiger partial charge in [-0.05, 0) is 0 Å². The second-order valence-corrected chi connectivity index (χ2v) is 4.31. The number of aliphatic hydroxyl groups is 1. The lowest BCUT2D eigenvalue weighted by atomic mass is 10.1. The number of hydrogen-bond acceptors (Lipinski definition) is 4. The van der Waals surface area contributed by atoms with Gasteiger partial charge >= 0.3 is 0 Å². The van der Waals surface area contributed by atoms with Crippen molar-refractivity contribution in [1.82, 2.24) is 20.3 Å². The fourth-order valence-electron chi connectivity index (χ4n) is 2.06. The number of halogens is 1. The molecule has 3 N–H and O–H groups in total. The fraction of sp³-hybridized carbons (Fsp3) is 0.273. The molecular formula is C11H11ClN4O. The van der Waals surface area contributed by atoms with Crippen LogP contribution in [0.25, 0.3) is 11.0 Å². The van der Waals surface area contributed by atoms with Gasteiger partial charge in [-0.15, -0.1) is 0 Å². The summed E-state index contributed by atoms with van der Waals surface area (Å²) in [5.41, 5.74) is 2.56. The first-order valence-electron chi connectivity index (χ1n) is 5.32. The van der Waals surface area contributed by atoms with Crippen LogP contribution in [0.1, 0.15) is 11.6 Å². The first kappa shape index (κ1) is 10.7. The van der Waals surface area contributed by atoms with Gasteiger partial charge in [0.15, 0.2) is 5.15 Å². The highest BCUT2D eigenvalue weighted by Gasteiger charge is 2.22. The Labute approximate surface area is 103 Å². The van der Waals surface area contributed by atoms with Crippen molar-refractivity contribution >= 4 is 22.6 Å². The molecule has 5 nitrogen and oxygen atoms in total. The van der Waals surface area contributed by atoms with E-state index in [0.29, 0.717) is 5.15 Å². The lowest BCUT2D eigenvalue weighted by Crippen LogP contribution is -2.28. The first-order valence-corrected chi connectivity index (χ1v) is 5.70. The Bertz CT molecular complexity index is 580. The Balaban J connectivity index is 2.02. The second kappa shape index (κ2) is 4.10. The van der Waals surface area contributed by atoms with Gasteiger partial charge in [-0.2, -0.15) is 0 Å². The van der Waals surface area contributed by atoms with Crippen LogP contribution in [-0.4, -0.2) is 32.7 Å². The zero-order valence-corrected chi connectivity index (χ0v) is 9.65. The minimum absolute atomic E-state index is 0.00209. The van der Waals surface area contributed by atoms with Crippen LogP contribution in [0.3, 0.4) is 0 Å². The SMILES string of the molecule is OCC1C=CC(c2c[nH]c3c(Cl)ncnc23)N1. The van der Waals surface area contributed by atoms with Crippen LogP contribution >= 0.6 is 11.6 Å². The molecule has 1 aliphatic heterocycles. The van der Waals surface area contributed by atoms with E-state index in [-0.39, 0.29) is 18.7 Å². The topological polar surface area (TPSA) is 73.8 Å². The third kappa shape index (κ3) is 1.72. The van der Waals surface area contributed by atoms with E-state index in [4.69, 9.17) is 16.7 Å². The van der Waals surface area contributed by atoms with Gasteiger partial charge in [0.05, 0.1) is 18.2 Å². The number of aromatic amines is 1. The lowest BCUT2D eigenvalue weighted by molar-refractivity contribution is 0.266. The number of rotatable bonds is 2. The zero-order chi connectivity index (χ0) is 11.8. The molecule has 0 aliphatic carbocycles. The van der Waals surface area contributed by atoms with Crippen LogP contribution in [0.4, 0.5) is 0 Å². The predicted molar refractivity (Wildman–Crippen MR) is 64.8 cm³/mol. The highest BCUT2D eigenvalue weighted by atomic mass is 35.5. The molecule has 0 bridgehead atoms. The first-order chi connectivity index (χ1) is 8.29. The van der Waals surface area contributed by atoms with Crippen molar-refractivity contribution in [3.63, 3.8) is 0 Å². The molecule has 3 heterocycles. The summed E-state index contributed by atoms with van der Waals surface area (Å²) in [4.78, 5) is 11.2. The lowest BCUT2D eigenvalue weighted by Gasteiger charge is -2.11. The smallest absolute Gasteiger partial charge is 0.156 e. The highest BCUT2D eigenvalue weighted by molar-refractivity contribution is 6.33. The molecule has 0 amide bonds. The Kier molecular flexibility index (Phi) is 2.58. The van der Waals surface area contributed by atoms with E-state index in [9.17, 15) is 0 Å². The number of aromatic nitrogens is 3. The van der Waals surface area contributed by atoms with Crippen LogP contribution in [0.2, 0.25) is 5.15 Å². The molecule has 0 spiro atoms. The Morgan fingerprint density at radius 2 is 2.24 bits per heavy atom. The molecule has 2 aromatic heterocycles. The molecule has 2 aromatic rings. The molecule has 0 radical (unpaired) electrons. The molecule has 2 unspecified atom stereocenters. The number of nitrogens with zero attached hydrogens (tertiary/aromatic N) is 2. The van der Waals surface area contributed by atoms with Crippen molar-refractivity contribution in [3.8, 4) is 0 Å². The summed E-state index contributed by atoms with van der Waals surface area (Å²) in [6.45, 7) is 0.0884. The van der Waals surface area contributed by atoms with Gasteiger partial charge in [-0.25, -0.2) is 9.97 Å². The summed E-state index contributed by atoms with van der Waals surface area (Å²) < 4.78 is 0. The molecule has 1 aliphatic rings. The molecule has 0 saturated carbocycles. The third-order valence-electron chi connectivity index (χ3n) is 2.91. The molecule has 2 atom stereocenters.